The van der Waals surface area contributed by atoms with Gasteiger partial charge in [0.05, 0.1) is 11.0 Å². The summed E-state index contributed by atoms with van der Waals surface area (Å²) >= 11 is 0. The number of aromatic nitrogens is 2. The van der Waals surface area contributed by atoms with Crippen LogP contribution in [0.15, 0.2) is 23.0 Å². The highest BCUT2D eigenvalue weighted by Crippen LogP contribution is 2.42. The zero-order chi connectivity index (χ0) is 25.7. The monoisotopic (exact) mass is 508 g/mol. The second kappa shape index (κ2) is 9.67. The Morgan fingerprint density at radius 1 is 1.00 bits per heavy atom. The van der Waals surface area contributed by atoms with Crippen LogP contribution in [-0.2, 0) is 23.2 Å². The Morgan fingerprint density at radius 2 is 1.73 bits per heavy atom. The SMILES string of the molecule is Cn1c(=O)n(C2CCC(=O)NC2=O)c2cccc(CN3CC4(CCN(CC5CCC(N)CC5)CC4)C3)c21. The number of nitrogens with zero attached hydrogens (tertiary/aromatic N) is 4. The molecule has 1 unspecified atom stereocenters. The lowest BCUT2D eigenvalue weighted by Crippen LogP contribution is -2.60. The third-order valence-electron chi connectivity index (χ3n) is 9.54. The van der Waals surface area contributed by atoms with E-state index >= 15 is 0 Å². The number of carbonyl (C=O) groups excluding carboxylic acids is 2. The zero-order valence-corrected chi connectivity index (χ0v) is 22.0. The maximum absolute atomic E-state index is 13.2. The number of hydrogen-bond donors (Lipinski definition) is 2. The van der Waals surface area contributed by atoms with Gasteiger partial charge in [-0.2, -0.15) is 0 Å². The Labute approximate surface area is 217 Å². The van der Waals surface area contributed by atoms with Crippen LogP contribution in [0.2, 0.25) is 0 Å². The molecule has 2 amide bonds. The number of para-hydroxylation sites is 1. The number of hydrogen-bond acceptors (Lipinski definition) is 6. The maximum Gasteiger partial charge on any atom is 0.329 e. The normalized spacial score (nSPS) is 29.0. The molecule has 4 fully saturated rings. The fraction of sp³-hybridized carbons (Fsp3) is 0.679. The molecule has 9 nitrogen and oxygen atoms in total. The minimum atomic E-state index is -0.646. The molecule has 200 valence electrons. The number of likely N-dealkylation sites (tertiary alicyclic amines) is 2. The molecule has 3 N–H and O–H groups in total. The topological polar surface area (TPSA) is 106 Å². The quantitative estimate of drug-likeness (QED) is 0.596. The number of benzene rings is 1. The van der Waals surface area contributed by atoms with Crippen molar-refractivity contribution in [1.29, 1.82) is 0 Å². The highest BCUT2D eigenvalue weighted by atomic mass is 16.2. The molecule has 37 heavy (non-hydrogen) atoms. The smallest absolute Gasteiger partial charge is 0.328 e. The third-order valence-corrected chi connectivity index (χ3v) is 9.54. The van der Waals surface area contributed by atoms with Gasteiger partial charge in [0.15, 0.2) is 0 Å². The van der Waals surface area contributed by atoms with Gasteiger partial charge in [-0.15, -0.1) is 0 Å². The van der Waals surface area contributed by atoms with Crippen molar-refractivity contribution in [2.75, 3.05) is 32.7 Å². The van der Waals surface area contributed by atoms with E-state index in [2.05, 4.69) is 21.2 Å². The summed E-state index contributed by atoms with van der Waals surface area (Å²) in [6, 6.07) is 5.77. The lowest BCUT2D eigenvalue weighted by molar-refractivity contribution is -0.135. The molecule has 2 aromatic rings. The van der Waals surface area contributed by atoms with Crippen molar-refractivity contribution in [1.82, 2.24) is 24.3 Å². The average molecular weight is 509 g/mol. The standard InChI is InChI=1S/C28H40N6O3/c1-31-25-20(3-2-4-22(25)34(27(31)37)23-9-10-24(35)30-26(23)36)16-33-17-28(18-33)11-13-32(14-12-28)15-19-5-7-21(29)8-6-19/h2-4,19,21,23H,5-18,29H2,1H3,(H,30,35,36). The van der Waals surface area contributed by atoms with E-state index in [1.165, 1.54) is 58.2 Å². The van der Waals surface area contributed by atoms with Gasteiger partial charge in [0.2, 0.25) is 11.8 Å². The van der Waals surface area contributed by atoms with Crippen LogP contribution in [0, 0.1) is 11.3 Å². The highest BCUT2D eigenvalue weighted by Gasteiger charge is 2.45. The predicted octanol–water partition coefficient (Wildman–Crippen LogP) is 1.73. The summed E-state index contributed by atoms with van der Waals surface area (Å²) in [6.45, 7) is 6.67. The third kappa shape index (κ3) is 4.66. The van der Waals surface area contributed by atoms with E-state index in [9.17, 15) is 14.4 Å². The van der Waals surface area contributed by atoms with Crippen LogP contribution in [-0.4, -0.2) is 69.5 Å². The molecule has 1 atom stereocenters. The first kappa shape index (κ1) is 24.8. The summed E-state index contributed by atoms with van der Waals surface area (Å²) in [5, 5.41) is 2.39. The molecular weight excluding hydrogens is 468 g/mol. The van der Waals surface area contributed by atoms with Gasteiger partial charge in [0.1, 0.15) is 6.04 Å². The minimum Gasteiger partial charge on any atom is -0.328 e. The molecule has 1 aromatic carbocycles. The van der Waals surface area contributed by atoms with Gasteiger partial charge in [-0.25, -0.2) is 4.79 Å². The Morgan fingerprint density at radius 3 is 2.43 bits per heavy atom. The van der Waals surface area contributed by atoms with Gasteiger partial charge in [-0.1, -0.05) is 12.1 Å². The Hall–Kier alpha value is -2.49. The largest absolute Gasteiger partial charge is 0.329 e. The predicted molar refractivity (Wildman–Crippen MR) is 142 cm³/mol. The maximum atomic E-state index is 13.2. The Bertz CT molecular complexity index is 1240. The second-order valence-corrected chi connectivity index (χ2v) is 12.2. The van der Waals surface area contributed by atoms with Gasteiger partial charge >= 0.3 is 5.69 Å². The first-order valence-electron chi connectivity index (χ1n) is 14.0. The zero-order valence-electron chi connectivity index (χ0n) is 22.0. The summed E-state index contributed by atoms with van der Waals surface area (Å²) in [6.07, 6.45) is 8.09. The number of nitrogens with one attached hydrogen (secondary N) is 1. The van der Waals surface area contributed by atoms with Crippen molar-refractivity contribution in [3.63, 3.8) is 0 Å². The fourth-order valence-electron chi connectivity index (χ4n) is 7.39. The fourth-order valence-corrected chi connectivity index (χ4v) is 7.39. The molecule has 3 saturated heterocycles. The first-order valence-corrected chi connectivity index (χ1v) is 14.0. The molecule has 0 bridgehead atoms. The van der Waals surface area contributed by atoms with E-state index < -0.39 is 6.04 Å². The van der Waals surface area contributed by atoms with Gasteiger partial charge < -0.3 is 10.6 Å². The molecule has 1 aromatic heterocycles. The van der Waals surface area contributed by atoms with E-state index in [1.807, 2.05) is 12.1 Å². The molecule has 4 heterocycles. The number of aryl methyl sites for hydroxylation is 1. The van der Waals surface area contributed by atoms with Crippen LogP contribution < -0.4 is 16.7 Å². The molecule has 1 spiro atoms. The molecule has 1 saturated carbocycles. The van der Waals surface area contributed by atoms with Crippen LogP contribution in [0.3, 0.4) is 0 Å². The average Bonchev–Trinajstić information content (AvgIpc) is 3.11. The van der Waals surface area contributed by atoms with Crippen LogP contribution in [0.4, 0.5) is 0 Å². The summed E-state index contributed by atoms with van der Waals surface area (Å²) < 4.78 is 3.24. The molecule has 4 aliphatic rings. The Kier molecular flexibility index (Phi) is 6.49. The van der Waals surface area contributed by atoms with Crippen LogP contribution >= 0.6 is 0 Å². The molecule has 6 rings (SSSR count). The number of fused-ring (bicyclic) bond motifs is 1. The number of rotatable bonds is 5. The molecule has 9 heteroatoms. The van der Waals surface area contributed by atoms with E-state index in [1.54, 1.807) is 16.2 Å². The van der Waals surface area contributed by atoms with Crippen molar-refractivity contribution in [3.8, 4) is 0 Å². The van der Waals surface area contributed by atoms with Gasteiger partial charge in [0.25, 0.3) is 0 Å². The van der Waals surface area contributed by atoms with Gasteiger partial charge in [0, 0.05) is 45.7 Å². The first-order chi connectivity index (χ1) is 17.8. The van der Waals surface area contributed by atoms with E-state index in [0.29, 0.717) is 17.9 Å². The van der Waals surface area contributed by atoms with Crippen molar-refractivity contribution >= 4 is 22.8 Å². The molecular formula is C28H40N6O3. The summed E-state index contributed by atoms with van der Waals surface area (Å²) in [5.74, 6) is 0.164. The minimum absolute atomic E-state index is 0.204. The lowest BCUT2D eigenvalue weighted by Gasteiger charge is -2.54. The van der Waals surface area contributed by atoms with E-state index in [4.69, 9.17) is 5.73 Å². The van der Waals surface area contributed by atoms with Crippen molar-refractivity contribution in [3.05, 3.63) is 34.2 Å². The molecule has 3 aliphatic heterocycles. The number of imidazole rings is 1. The lowest BCUT2D eigenvalue weighted by atomic mass is 9.71. The van der Waals surface area contributed by atoms with Crippen molar-refractivity contribution in [2.45, 2.75) is 70.0 Å². The second-order valence-electron chi connectivity index (χ2n) is 12.2. The van der Waals surface area contributed by atoms with Gasteiger partial charge in [-0.05, 0) is 81.0 Å². The summed E-state index contributed by atoms with van der Waals surface area (Å²) in [4.78, 5) is 42.5. The Balaban J connectivity index is 1.10. The van der Waals surface area contributed by atoms with E-state index in [0.717, 1.165) is 42.1 Å². The van der Waals surface area contributed by atoms with Gasteiger partial charge in [-0.3, -0.25) is 28.9 Å². The van der Waals surface area contributed by atoms with Crippen molar-refractivity contribution < 1.29 is 9.59 Å². The summed E-state index contributed by atoms with van der Waals surface area (Å²) in [7, 11) is 1.78. The number of amides is 2. The van der Waals surface area contributed by atoms with E-state index in [-0.39, 0.29) is 23.9 Å². The summed E-state index contributed by atoms with van der Waals surface area (Å²) in [5.41, 5.74) is 9.09. The van der Waals surface area contributed by atoms with Crippen LogP contribution in [0.1, 0.15) is 63.0 Å². The number of nitrogens with two attached hydrogens (primary N) is 1. The highest BCUT2D eigenvalue weighted by molar-refractivity contribution is 6.00. The molecule has 1 aliphatic carbocycles. The van der Waals surface area contributed by atoms with Crippen molar-refractivity contribution in [2.24, 2.45) is 24.1 Å². The number of piperidine rings is 2. The molecule has 0 radical (unpaired) electrons. The van der Waals surface area contributed by atoms with Crippen LogP contribution in [0.5, 0.6) is 0 Å². The number of imide groups is 1. The number of carbonyl (C=O) groups is 2. The van der Waals surface area contributed by atoms with Crippen LogP contribution in [0.25, 0.3) is 11.0 Å².